The van der Waals surface area contributed by atoms with Crippen molar-refractivity contribution in [3.8, 4) is 0 Å². The first kappa shape index (κ1) is 11.7. The summed E-state index contributed by atoms with van der Waals surface area (Å²) < 4.78 is 39.5. The van der Waals surface area contributed by atoms with Gasteiger partial charge in [0.1, 0.15) is 11.6 Å². The predicted octanol–water partition coefficient (Wildman–Crippen LogP) is 2.31. The van der Waals surface area contributed by atoms with E-state index in [1.807, 2.05) is 0 Å². The molecule has 3 nitrogen and oxygen atoms in total. The van der Waals surface area contributed by atoms with Crippen LogP contribution in [0.1, 0.15) is 5.01 Å². The molecule has 1 aromatic rings. The number of rotatable bonds is 4. The summed E-state index contributed by atoms with van der Waals surface area (Å²) in [5.41, 5.74) is 0. The first-order valence-corrected chi connectivity index (χ1v) is 4.79. The smallest absolute Gasteiger partial charge is 0.372 e. The Hall–Kier alpha value is -0.400. The summed E-state index contributed by atoms with van der Waals surface area (Å²) >= 11 is 6.60. The Bertz CT molecular complexity index is 291. The highest BCUT2D eigenvalue weighted by Crippen LogP contribution is 2.16. The van der Waals surface area contributed by atoms with E-state index in [1.54, 1.807) is 0 Å². The van der Waals surface area contributed by atoms with Gasteiger partial charge in [-0.3, -0.25) is 0 Å². The number of halogens is 4. The zero-order valence-electron chi connectivity index (χ0n) is 6.84. The Morgan fingerprint density at radius 1 is 1.36 bits per heavy atom. The summed E-state index contributed by atoms with van der Waals surface area (Å²) in [6.45, 7) is -1.27. The molecule has 0 unspecified atom stereocenters. The lowest BCUT2D eigenvalue weighted by molar-refractivity contribution is -0.173. The lowest BCUT2D eigenvalue weighted by Gasteiger charge is -2.05. The molecule has 1 rings (SSSR count). The molecule has 8 heteroatoms. The third-order valence-corrected chi connectivity index (χ3v) is 2.25. The molecule has 80 valence electrons. The van der Waals surface area contributed by atoms with Crippen LogP contribution in [0.4, 0.5) is 13.2 Å². The lowest BCUT2D eigenvalue weighted by Crippen LogP contribution is -2.17. The maximum absolute atomic E-state index is 11.6. The minimum Gasteiger partial charge on any atom is -0.372 e. The summed E-state index contributed by atoms with van der Waals surface area (Å²) in [5.74, 6) is 0. The van der Waals surface area contributed by atoms with Crippen molar-refractivity contribution in [2.24, 2.45) is 0 Å². The number of ether oxygens (including phenoxy) is 1. The molecule has 0 atom stereocenters. The maximum atomic E-state index is 11.6. The summed E-state index contributed by atoms with van der Waals surface area (Å²) in [4.78, 5) is 0. The molecule has 0 saturated heterocycles. The van der Waals surface area contributed by atoms with Gasteiger partial charge >= 0.3 is 6.18 Å². The van der Waals surface area contributed by atoms with Gasteiger partial charge in [0.25, 0.3) is 0 Å². The molecule has 0 N–H and O–H groups in total. The van der Waals surface area contributed by atoms with Crippen LogP contribution in [0, 0.1) is 0 Å². The molecule has 1 heterocycles. The van der Waals surface area contributed by atoms with Crippen LogP contribution in [-0.2, 0) is 11.2 Å². The van der Waals surface area contributed by atoms with E-state index < -0.39 is 12.8 Å². The monoisotopic (exact) mass is 246 g/mol. The van der Waals surface area contributed by atoms with Crippen LogP contribution in [0.5, 0.6) is 0 Å². The quantitative estimate of drug-likeness (QED) is 0.765. The van der Waals surface area contributed by atoms with Crippen molar-refractivity contribution in [2.45, 2.75) is 12.6 Å². The molecule has 0 aliphatic heterocycles. The fourth-order valence-electron chi connectivity index (χ4n) is 0.682. The van der Waals surface area contributed by atoms with Gasteiger partial charge in [-0.1, -0.05) is 11.3 Å². The Labute approximate surface area is 86.9 Å². The van der Waals surface area contributed by atoms with Crippen molar-refractivity contribution in [3.05, 3.63) is 9.47 Å². The molecule has 0 radical (unpaired) electrons. The Kier molecular flexibility index (Phi) is 4.09. The molecule has 14 heavy (non-hydrogen) atoms. The second kappa shape index (κ2) is 4.90. The fourth-order valence-corrected chi connectivity index (χ4v) is 1.53. The van der Waals surface area contributed by atoms with E-state index in [0.717, 1.165) is 11.3 Å². The van der Waals surface area contributed by atoms with E-state index in [0.29, 0.717) is 11.4 Å². The van der Waals surface area contributed by atoms with Gasteiger partial charge in [-0.05, 0) is 11.6 Å². The van der Waals surface area contributed by atoms with Crippen molar-refractivity contribution in [2.75, 3.05) is 13.2 Å². The van der Waals surface area contributed by atoms with Gasteiger partial charge in [0.2, 0.25) is 4.47 Å². The molecular formula is C6H6ClF3N2OS. The SMILES string of the molecule is FC(F)(F)COCCc1nnc(Cl)s1. The number of hydrogen-bond acceptors (Lipinski definition) is 4. The lowest BCUT2D eigenvalue weighted by atomic mass is 10.5. The normalized spacial score (nSPS) is 12.0. The molecule has 1 aromatic heterocycles. The number of alkyl halides is 3. The highest BCUT2D eigenvalue weighted by molar-refractivity contribution is 7.15. The first-order valence-electron chi connectivity index (χ1n) is 3.60. The molecule has 0 bridgehead atoms. The summed E-state index contributed by atoms with van der Waals surface area (Å²) in [6.07, 6.45) is -3.99. The molecule has 0 aromatic carbocycles. The highest BCUT2D eigenvalue weighted by Gasteiger charge is 2.27. The minimum atomic E-state index is -4.28. The average molecular weight is 247 g/mol. The van der Waals surface area contributed by atoms with Gasteiger partial charge in [-0.15, -0.1) is 10.2 Å². The summed E-state index contributed by atoms with van der Waals surface area (Å²) in [5, 5.41) is 7.69. The zero-order chi connectivity index (χ0) is 10.6. The van der Waals surface area contributed by atoms with Crippen LogP contribution in [0.15, 0.2) is 0 Å². The van der Waals surface area contributed by atoms with Gasteiger partial charge < -0.3 is 4.74 Å². The molecule has 0 aliphatic carbocycles. The molecule has 0 amide bonds. The predicted molar refractivity (Wildman–Crippen MR) is 45.5 cm³/mol. The van der Waals surface area contributed by atoms with Crippen LogP contribution in [0.3, 0.4) is 0 Å². The van der Waals surface area contributed by atoms with Crippen molar-refractivity contribution in [1.82, 2.24) is 10.2 Å². The van der Waals surface area contributed by atoms with Crippen LogP contribution in [-0.4, -0.2) is 29.6 Å². The van der Waals surface area contributed by atoms with E-state index in [-0.39, 0.29) is 11.1 Å². The molecule has 0 fully saturated rings. The van der Waals surface area contributed by atoms with E-state index in [4.69, 9.17) is 11.6 Å². The van der Waals surface area contributed by atoms with E-state index in [2.05, 4.69) is 14.9 Å². The van der Waals surface area contributed by atoms with Gasteiger partial charge in [-0.25, -0.2) is 0 Å². The van der Waals surface area contributed by atoms with Gasteiger partial charge in [0.15, 0.2) is 0 Å². The van der Waals surface area contributed by atoms with Gasteiger partial charge in [-0.2, -0.15) is 13.2 Å². The van der Waals surface area contributed by atoms with Gasteiger partial charge in [0.05, 0.1) is 6.61 Å². The second-order valence-corrected chi connectivity index (χ2v) is 4.01. The van der Waals surface area contributed by atoms with Crippen LogP contribution < -0.4 is 0 Å². The third kappa shape index (κ3) is 4.73. The Morgan fingerprint density at radius 2 is 2.07 bits per heavy atom. The summed E-state index contributed by atoms with van der Waals surface area (Å²) in [6, 6.07) is 0. The van der Waals surface area contributed by atoms with E-state index in [9.17, 15) is 13.2 Å². The van der Waals surface area contributed by atoms with Crippen LogP contribution in [0.2, 0.25) is 4.47 Å². The van der Waals surface area contributed by atoms with Crippen molar-refractivity contribution >= 4 is 22.9 Å². The second-order valence-electron chi connectivity index (χ2n) is 2.37. The van der Waals surface area contributed by atoms with Crippen molar-refractivity contribution in [1.29, 1.82) is 0 Å². The van der Waals surface area contributed by atoms with Gasteiger partial charge in [0, 0.05) is 6.42 Å². The molecular weight excluding hydrogens is 241 g/mol. The molecule has 0 spiro atoms. The Morgan fingerprint density at radius 3 is 2.57 bits per heavy atom. The van der Waals surface area contributed by atoms with E-state index >= 15 is 0 Å². The largest absolute Gasteiger partial charge is 0.411 e. The van der Waals surface area contributed by atoms with Crippen molar-refractivity contribution < 1.29 is 17.9 Å². The summed E-state index contributed by atoms with van der Waals surface area (Å²) in [7, 11) is 0. The van der Waals surface area contributed by atoms with Crippen LogP contribution in [0.25, 0.3) is 0 Å². The highest BCUT2D eigenvalue weighted by atomic mass is 35.5. The Balaban J connectivity index is 2.16. The fraction of sp³-hybridized carbons (Fsp3) is 0.667. The minimum absolute atomic E-state index is 0.0367. The topological polar surface area (TPSA) is 35.0 Å². The molecule has 0 saturated carbocycles. The maximum Gasteiger partial charge on any atom is 0.411 e. The van der Waals surface area contributed by atoms with Crippen LogP contribution >= 0.6 is 22.9 Å². The first-order chi connectivity index (χ1) is 6.47. The standard InChI is InChI=1S/C6H6ClF3N2OS/c7-5-12-11-4(14-5)1-2-13-3-6(8,9)10/h1-3H2. The zero-order valence-corrected chi connectivity index (χ0v) is 8.42. The number of aromatic nitrogens is 2. The van der Waals surface area contributed by atoms with E-state index in [1.165, 1.54) is 0 Å². The number of nitrogens with zero attached hydrogens (tertiary/aromatic N) is 2. The molecule has 0 aliphatic rings. The number of hydrogen-bond donors (Lipinski definition) is 0. The third-order valence-electron chi connectivity index (χ3n) is 1.17. The average Bonchev–Trinajstić information content (AvgIpc) is 2.44. The van der Waals surface area contributed by atoms with Crippen molar-refractivity contribution in [3.63, 3.8) is 0 Å².